The molecule has 0 aromatic carbocycles. The van der Waals surface area contributed by atoms with Crippen molar-refractivity contribution in [3.05, 3.63) is 17.7 Å². The van der Waals surface area contributed by atoms with Gasteiger partial charge in [0.25, 0.3) is 0 Å². The van der Waals surface area contributed by atoms with Crippen molar-refractivity contribution in [1.29, 1.82) is 0 Å². The Bertz CT molecular complexity index is 441. The molecule has 112 valence electrons. The maximum Gasteiger partial charge on any atom is 0.131 e. The van der Waals surface area contributed by atoms with Crippen molar-refractivity contribution in [2.75, 3.05) is 11.4 Å². The van der Waals surface area contributed by atoms with E-state index < -0.39 is 0 Å². The Morgan fingerprint density at radius 1 is 1.30 bits per heavy atom. The second-order valence-corrected chi connectivity index (χ2v) is 6.72. The fourth-order valence-electron chi connectivity index (χ4n) is 2.33. The predicted octanol–water partition coefficient (Wildman–Crippen LogP) is 4.35. The fraction of sp³-hybridized carbons (Fsp3) is 0.750. The molecule has 0 radical (unpaired) electrons. The van der Waals surface area contributed by atoms with Crippen LogP contribution in [0.25, 0.3) is 0 Å². The smallest absolute Gasteiger partial charge is 0.131 e. The van der Waals surface area contributed by atoms with E-state index in [0.29, 0.717) is 23.8 Å². The lowest BCUT2D eigenvalue weighted by Gasteiger charge is -2.27. The summed E-state index contributed by atoms with van der Waals surface area (Å²) in [5, 5.41) is 0. The second kappa shape index (κ2) is 6.75. The van der Waals surface area contributed by atoms with E-state index in [1.807, 2.05) is 6.20 Å². The predicted molar refractivity (Wildman–Crippen MR) is 85.5 cm³/mol. The Balaban J connectivity index is 2.23. The molecule has 1 saturated carbocycles. The highest BCUT2D eigenvalue weighted by molar-refractivity contribution is 6.17. The van der Waals surface area contributed by atoms with Gasteiger partial charge in [-0.2, -0.15) is 0 Å². The molecule has 1 aliphatic rings. The number of nitrogens with zero attached hydrogens (tertiary/aromatic N) is 3. The van der Waals surface area contributed by atoms with E-state index in [-0.39, 0.29) is 0 Å². The van der Waals surface area contributed by atoms with Gasteiger partial charge in [-0.15, -0.1) is 11.6 Å². The summed E-state index contributed by atoms with van der Waals surface area (Å²) in [6.45, 7) is 9.85. The summed E-state index contributed by atoms with van der Waals surface area (Å²) in [4.78, 5) is 11.7. The summed E-state index contributed by atoms with van der Waals surface area (Å²) in [6, 6.07) is 0.671. The molecule has 0 aliphatic heterocycles. The van der Waals surface area contributed by atoms with Crippen LogP contribution in [0.15, 0.2) is 6.20 Å². The van der Waals surface area contributed by atoms with Crippen molar-refractivity contribution in [2.24, 2.45) is 5.92 Å². The minimum atomic E-state index is 0.344. The van der Waals surface area contributed by atoms with Gasteiger partial charge in [0.1, 0.15) is 5.82 Å². The molecule has 3 nitrogen and oxygen atoms in total. The largest absolute Gasteiger partial charge is 0.366 e. The zero-order valence-corrected chi connectivity index (χ0v) is 13.8. The van der Waals surface area contributed by atoms with Gasteiger partial charge in [-0.3, -0.25) is 0 Å². The number of hydrogen-bond acceptors (Lipinski definition) is 3. The van der Waals surface area contributed by atoms with Gasteiger partial charge in [0.15, 0.2) is 0 Å². The Morgan fingerprint density at radius 3 is 2.50 bits per heavy atom. The summed E-state index contributed by atoms with van der Waals surface area (Å²) in [5.41, 5.74) is 2.13. The maximum absolute atomic E-state index is 6.12. The van der Waals surface area contributed by atoms with Crippen LogP contribution in [0, 0.1) is 5.92 Å². The molecule has 1 fully saturated rings. The van der Waals surface area contributed by atoms with E-state index in [0.717, 1.165) is 23.8 Å². The Kier molecular flexibility index (Phi) is 5.25. The molecule has 0 atom stereocenters. The topological polar surface area (TPSA) is 29.0 Å². The molecule has 1 aromatic rings. The lowest BCUT2D eigenvalue weighted by atomic mass is 10.1. The van der Waals surface area contributed by atoms with Gasteiger partial charge < -0.3 is 4.90 Å². The average molecular weight is 296 g/mol. The lowest BCUT2D eigenvalue weighted by Crippen LogP contribution is -2.29. The molecular formula is C16H26ClN3. The summed E-state index contributed by atoms with van der Waals surface area (Å²) >= 11 is 6.12. The molecule has 0 amide bonds. The lowest BCUT2D eigenvalue weighted by molar-refractivity contribution is 0.569. The normalized spacial score (nSPS) is 15.2. The zero-order chi connectivity index (χ0) is 14.7. The van der Waals surface area contributed by atoms with Crippen LogP contribution in [-0.2, 0) is 5.88 Å². The number of aromatic nitrogens is 2. The zero-order valence-electron chi connectivity index (χ0n) is 13.1. The molecule has 0 bridgehead atoms. The molecule has 20 heavy (non-hydrogen) atoms. The van der Waals surface area contributed by atoms with Crippen molar-refractivity contribution in [2.45, 2.75) is 64.8 Å². The molecule has 1 aliphatic carbocycles. The van der Waals surface area contributed by atoms with E-state index >= 15 is 0 Å². The van der Waals surface area contributed by atoms with Crippen molar-refractivity contribution in [3.8, 4) is 0 Å². The third-order valence-electron chi connectivity index (χ3n) is 3.75. The van der Waals surface area contributed by atoms with Crippen LogP contribution in [-0.4, -0.2) is 22.6 Å². The van der Waals surface area contributed by atoms with E-state index in [4.69, 9.17) is 11.6 Å². The number of anilines is 1. The number of hydrogen-bond donors (Lipinski definition) is 0. The summed E-state index contributed by atoms with van der Waals surface area (Å²) < 4.78 is 0. The van der Waals surface area contributed by atoms with Crippen LogP contribution in [0.5, 0.6) is 0 Å². The first-order valence-electron chi connectivity index (χ1n) is 7.71. The highest BCUT2D eigenvalue weighted by Crippen LogP contribution is 2.34. The monoisotopic (exact) mass is 295 g/mol. The number of alkyl halides is 1. The van der Waals surface area contributed by atoms with Crippen LogP contribution in [0.1, 0.15) is 64.4 Å². The minimum Gasteiger partial charge on any atom is -0.366 e. The van der Waals surface area contributed by atoms with Gasteiger partial charge >= 0.3 is 0 Å². The Morgan fingerprint density at radius 2 is 2.00 bits per heavy atom. The van der Waals surface area contributed by atoms with Crippen molar-refractivity contribution in [3.63, 3.8) is 0 Å². The molecule has 0 N–H and O–H groups in total. The highest BCUT2D eigenvalue weighted by atomic mass is 35.5. The Labute approximate surface area is 127 Å². The third-order valence-corrected chi connectivity index (χ3v) is 4.00. The molecule has 0 saturated heterocycles. The van der Waals surface area contributed by atoms with Crippen LogP contribution < -0.4 is 4.90 Å². The standard InChI is InChI=1S/C16H26ClN3/c1-11(2)7-8-20(13-5-6-13)15-10-18-16(12(3)4)19-14(15)9-17/h10-13H,5-9H2,1-4H3. The van der Waals surface area contributed by atoms with Gasteiger partial charge in [-0.05, 0) is 25.2 Å². The number of rotatable bonds is 7. The summed E-state index contributed by atoms with van der Waals surface area (Å²) in [6.07, 6.45) is 5.75. The molecule has 1 heterocycles. The summed E-state index contributed by atoms with van der Waals surface area (Å²) in [7, 11) is 0. The third kappa shape index (κ3) is 3.85. The van der Waals surface area contributed by atoms with Gasteiger partial charge in [0, 0.05) is 18.5 Å². The number of halogens is 1. The molecule has 2 rings (SSSR count). The van der Waals surface area contributed by atoms with E-state index in [2.05, 4.69) is 42.6 Å². The van der Waals surface area contributed by atoms with Crippen LogP contribution in [0.4, 0.5) is 5.69 Å². The van der Waals surface area contributed by atoms with Gasteiger partial charge in [0.05, 0.1) is 23.5 Å². The van der Waals surface area contributed by atoms with E-state index in [9.17, 15) is 0 Å². The average Bonchev–Trinajstić information content (AvgIpc) is 3.23. The molecule has 0 unspecified atom stereocenters. The SMILES string of the molecule is CC(C)CCN(c1cnc(C(C)C)nc1CCl)C1CC1. The Hall–Kier alpha value is -0.830. The quantitative estimate of drug-likeness (QED) is 0.700. The molecule has 1 aromatic heterocycles. The van der Waals surface area contributed by atoms with E-state index in [1.54, 1.807) is 0 Å². The van der Waals surface area contributed by atoms with Gasteiger partial charge in [0.2, 0.25) is 0 Å². The molecule has 4 heteroatoms. The van der Waals surface area contributed by atoms with Crippen LogP contribution >= 0.6 is 11.6 Å². The first kappa shape index (κ1) is 15.6. The van der Waals surface area contributed by atoms with Crippen molar-refractivity contribution < 1.29 is 0 Å². The van der Waals surface area contributed by atoms with E-state index in [1.165, 1.54) is 19.3 Å². The molecule has 0 spiro atoms. The first-order valence-corrected chi connectivity index (χ1v) is 8.24. The molecular weight excluding hydrogens is 270 g/mol. The van der Waals surface area contributed by atoms with Gasteiger partial charge in [-0.25, -0.2) is 9.97 Å². The van der Waals surface area contributed by atoms with Crippen LogP contribution in [0.3, 0.4) is 0 Å². The minimum absolute atomic E-state index is 0.344. The van der Waals surface area contributed by atoms with Crippen LogP contribution in [0.2, 0.25) is 0 Å². The van der Waals surface area contributed by atoms with Gasteiger partial charge in [-0.1, -0.05) is 27.7 Å². The fourth-order valence-corrected chi connectivity index (χ4v) is 2.52. The van der Waals surface area contributed by atoms with Crippen molar-refractivity contribution in [1.82, 2.24) is 9.97 Å². The summed E-state index contributed by atoms with van der Waals surface area (Å²) in [5.74, 6) is 2.41. The second-order valence-electron chi connectivity index (χ2n) is 6.46. The van der Waals surface area contributed by atoms with Crippen molar-refractivity contribution >= 4 is 17.3 Å². The maximum atomic E-state index is 6.12. The highest BCUT2D eigenvalue weighted by Gasteiger charge is 2.31. The first-order chi connectivity index (χ1) is 9.52.